The maximum absolute atomic E-state index is 12.2. The van der Waals surface area contributed by atoms with Gasteiger partial charge in [0.25, 0.3) is 5.91 Å². The van der Waals surface area contributed by atoms with Crippen molar-refractivity contribution in [1.82, 2.24) is 10.6 Å². The van der Waals surface area contributed by atoms with Crippen LogP contribution in [0.4, 0.5) is 16.2 Å². The van der Waals surface area contributed by atoms with Crippen molar-refractivity contribution >= 4 is 34.6 Å². The fourth-order valence-electron chi connectivity index (χ4n) is 1.75. The summed E-state index contributed by atoms with van der Waals surface area (Å²) in [6.45, 7) is 0.490. The first-order chi connectivity index (χ1) is 11.1. The zero-order valence-corrected chi connectivity index (χ0v) is 13.1. The van der Waals surface area contributed by atoms with Gasteiger partial charge in [-0.3, -0.25) is 4.79 Å². The van der Waals surface area contributed by atoms with Gasteiger partial charge in [-0.25, -0.2) is 4.79 Å². The fraction of sp³-hybridized carbons (Fsp3) is 0.125. The monoisotopic (exact) mass is 328 g/mol. The predicted octanol–water partition coefficient (Wildman–Crippen LogP) is 2.02. The Hall–Kier alpha value is -2.98. The van der Waals surface area contributed by atoms with E-state index < -0.39 is 0 Å². The van der Waals surface area contributed by atoms with Gasteiger partial charge in [0.05, 0.1) is 29.3 Å². The second-order valence-corrected chi connectivity index (χ2v) is 5.72. The van der Waals surface area contributed by atoms with E-state index in [2.05, 4.69) is 21.9 Å². The highest BCUT2D eigenvalue weighted by molar-refractivity contribution is 7.14. The number of carbonyl (C=O) groups excluding carboxylic acids is 2. The van der Waals surface area contributed by atoms with Crippen LogP contribution in [0.15, 0.2) is 36.4 Å². The quantitative estimate of drug-likeness (QED) is 0.499. The number of thiophene rings is 1. The lowest BCUT2D eigenvalue weighted by molar-refractivity contribution is 0.103. The SMILES string of the molecule is C#CCNC(=O)NCc1ccc(C(=O)Nc2ccccc2N)s1. The van der Waals surface area contributed by atoms with E-state index >= 15 is 0 Å². The summed E-state index contributed by atoms with van der Waals surface area (Å²) in [5.41, 5.74) is 6.87. The second kappa shape index (κ2) is 7.87. The van der Waals surface area contributed by atoms with Crippen molar-refractivity contribution in [1.29, 1.82) is 0 Å². The van der Waals surface area contributed by atoms with E-state index in [-0.39, 0.29) is 18.5 Å². The molecule has 3 amide bonds. The van der Waals surface area contributed by atoms with Gasteiger partial charge in [0, 0.05) is 4.88 Å². The third kappa shape index (κ3) is 4.76. The zero-order chi connectivity index (χ0) is 16.7. The number of benzene rings is 1. The Morgan fingerprint density at radius 2 is 1.96 bits per heavy atom. The van der Waals surface area contributed by atoms with Crippen LogP contribution in [0.1, 0.15) is 14.5 Å². The maximum Gasteiger partial charge on any atom is 0.315 e. The molecule has 0 unspecified atom stereocenters. The van der Waals surface area contributed by atoms with Crippen molar-refractivity contribution in [3.8, 4) is 12.3 Å². The van der Waals surface area contributed by atoms with Gasteiger partial charge in [0.2, 0.25) is 0 Å². The third-order valence-electron chi connectivity index (χ3n) is 2.87. The topological polar surface area (TPSA) is 96.2 Å². The molecule has 6 nitrogen and oxygen atoms in total. The van der Waals surface area contributed by atoms with Gasteiger partial charge < -0.3 is 21.7 Å². The smallest absolute Gasteiger partial charge is 0.315 e. The van der Waals surface area contributed by atoms with Crippen molar-refractivity contribution in [2.75, 3.05) is 17.6 Å². The molecule has 5 N–H and O–H groups in total. The lowest BCUT2D eigenvalue weighted by Crippen LogP contribution is -2.34. The molecular formula is C16H16N4O2S. The molecule has 0 aliphatic rings. The van der Waals surface area contributed by atoms with Gasteiger partial charge in [0.15, 0.2) is 0 Å². The second-order valence-electron chi connectivity index (χ2n) is 4.55. The minimum Gasteiger partial charge on any atom is -0.397 e. The van der Waals surface area contributed by atoms with Crippen LogP contribution in [0.3, 0.4) is 0 Å². The average Bonchev–Trinajstić information content (AvgIpc) is 3.02. The summed E-state index contributed by atoms with van der Waals surface area (Å²) in [5.74, 6) is 2.07. The molecule has 2 aromatic rings. The molecule has 0 aliphatic carbocycles. The minimum absolute atomic E-state index is 0.169. The molecule has 118 valence electrons. The van der Waals surface area contributed by atoms with Crippen LogP contribution in [-0.2, 0) is 6.54 Å². The maximum atomic E-state index is 12.2. The number of anilines is 2. The highest BCUT2D eigenvalue weighted by atomic mass is 32.1. The molecule has 0 spiro atoms. The average molecular weight is 328 g/mol. The number of nitrogens with two attached hydrogens (primary N) is 1. The molecule has 1 heterocycles. The number of amides is 3. The number of urea groups is 1. The number of rotatable bonds is 5. The largest absolute Gasteiger partial charge is 0.397 e. The Kier molecular flexibility index (Phi) is 5.61. The Labute approximate surface area is 138 Å². The molecule has 0 radical (unpaired) electrons. The summed E-state index contributed by atoms with van der Waals surface area (Å²) in [6.07, 6.45) is 5.05. The highest BCUT2D eigenvalue weighted by Gasteiger charge is 2.11. The Balaban J connectivity index is 1.91. The summed E-state index contributed by atoms with van der Waals surface area (Å²) in [7, 11) is 0. The van der Waals surface area contributed by atoms with E-state index in [0.717, 1.165) is 4.88 Å². The van der Waals surface area contributed by atoms with Gasteiger partial charge in [-0.15, -0.1) is 17.8 Å². The van der Waals surface area contributed by atoms with Crippen LogP contribution in [0.5, 0.6) is 0 Å². The number of hydrogen-bond acceptors (Lipinski definition) is 4. The normalized spacial score (nSPS) is 9.70. The molecule has 0 saturated heterocycles. The summed E-state index contributed by atoms with van der Waals surface area (Å²) in [6, 6.07) is 10.2. The molecular weight excluding hydrogens is 312 g/mol. The van der Waals surface area contributed by atoms with Crippen LogP contribution in [-0.4, -0.2) is 18.5 Å². The standard InChI is InChI=1S/C16H16N4O2S/c1-2-9-18-16(22)19-10-11-7-8-14(23-11)15(21)20-13-6-4-3-5-12(13)17/h1,3-8H,9-10,17H2,(H,20,21)(H2,18,19,22). The first-order valence-electron chi connectivity index (χ1n) is 6.80. The Bertz CT molecular complexity index is 749. The first kappa shape index (κ1) is 16.4. The minimum atomic E-state index is -0.348. The van der Waals surface area contributed by atoms with Crippen LogP contribution in [0, 0.1) is 12.3 Å². The van der Waals surface area contributed by atoms with Crippen LogP contribution in [0.2, 0.25) is 0 Å². The van der Waals surface area contributed by atoms with Gasteiger partial charge in [-0.1, -0.05) is 18.1 Å². The molecule has 0 aliphatic heterocycles. The van der Waals surface area contributed by atoms with E-state index in [1.54, 1.807) is 36.4 Å². The Morgan fingerprint density at radius 3 is 2.70 bits per heavy atom. The summed E-state index contributed by atoms with van der Waals surface area (Å²) in [5, 5.41) is 7.91. The van der Waals surface area contributed by atoms with E-state index in [1.807, 2.05) is 0 Å². The molecule has 1 aromatic heterocycles. The molecule has 2 rings (SSSR count). The van der Waals surface area contributed by atoms with E-state index in [0.29, 0.717) is 22.8 Å². The van der Waals surface area contributed by atoms with Gasteiger partial charge in [0.1, 0.15) is 0 Å². The molecule has 0 saturated carbocycles. The van der Waals surface area contributed by atoms with Crippen LogP contribution < -0.4 is 21.7 Å². The lowest BCUT2D eigenvalue weighted by atomic mass is 10.2. The molecule has 7 heteroatoms. The number of nitrogen functional groups attached to an aromatic ring is 1. The number of nitrogens with one attached hydrogen (secondary N) is 3. The summed E-state index contributed by atoms with van der Waals surface area (Å²) in [4.78, 5) is 25.0. The fourth-order valence-corrected chi connectivity index (χ4v) is 2.59. The first-order valence-corrected chi connectivity index (χ1v) is 7.61. The molecule has 1 aromatic carbocycles. The van der Waals surface area contributed by atoms with E-state index in [1.165, 1.54) is 11.3 Å². The van der Waals surface area contributed by atoms with Gasteiger partial charge in [-0.05, 0) is 24.3 Å². The number of hydrogen-bond donors (Lipinski definition) is 4. The molecule has 0 atom stereocenters. The van der Waals surface area contributed by atoms with Crippen molar-refractivity contribution < 1.29 is 9.59 Å². The summed E-state index contributed by atoms with van der Waals surface area (Å²) >= 11 is 1.30. The lowest BCUT2D eigenvalue weighted by Gasteiger charge is -2.06. The Morgan fingerprint density at radius 1 is 1.17 bits per heavy atom. The van der Waals surface area contributed by atoms with Crippen molar-refractivity contribution in [3.63, 3.8) is 0 Å². The molecule has 0 bridgehead atoms. The van der Waals surface area contributed by atoms with E-state index in [4.69, 9.17) is 12.2 Å². The van der Waals surface area contributed by atoms with Crippen LogP contribution in [0.25, 0.3) is 0 Å². The highest BCUT2D eigenvalue weighted by Crippen LogP contribution is 2.21. The number of terminal acetylenes is 1. The van der Waals surface area contributed by atoms with E-state index in [9.17, 15) is 9.59 Å². The molecule has 0 fully saturated rings. The predicted molar refractivity (Wildman–Crippen MR) is 92.2 cm³/mol. The third-order valence-corrected chi connectivity index (χ3v) is 3.95. The zero-order valence-electron chi connectivity index (χ0n) is 12.3. The van der Waals surface area contributed by atoms with Gasteiger partial charge >= 0.3 is 6.03 Å². The number of para-hydroxylation sites is 2. The van der Waals surface area contributed by atoms with Crippen molar-refractivity contribution in [2.24, 2.45) is 0 Å². The van der Waals surface area contributed by atoms with Crippen molar-refractivity contribution in [2.45, 2.75) is 6.54 Å². The summed E-state index contributed by atoms with van der Waals surface area (Å²) < 4.78 is 0. The van der Waals surface area contributed by atoms with Crippen LogP contribution >= 0.6 is 11.3 Å². The molecule has 23 heavy (non-hydrogen) atoms. The number of carbonyl (C=O) groups is 2. The van der Waals surface area contributed by atoms with Gasteiger partial charge in [-0.2, -0.15) is 0 Å². The van der Waals surface area contributed by atoms with Crippen molar-refractivity contribution in [3.05, 3.63) is 46.2 Å².